The summed E-state index contributed by atoms with van der Waals surface area (Å²) >= 11 is 0. The van der Waals surface area contributed by atoms with Crippen molar-refractivity contribution in [3.63, 3.8) is 0 Å². The topological polar surface area (TPSA) is 48.4 Å². The van der Waals surface area contributed by atoms with Gasteiger partial charge in [0.15, 0.2) is 0 Å². The van der Waals surface area contributed by atoms with Crippen LogP contribution in [0.3, 0.4) is 0 Å². The Morgan fingerprint density at radius 3 is 2.47 bits per heavy atom. The second-order valence-corrected chi connectivity index (χ2v) is 4.37. The lowest BCUT2D eigenvalue weighted by molar-refractivity contribution is 0.266. The Morgan fingerprint density at radius 1 is 0.895 bits per heavy atom. The Kier molecular flexibility index (Phi) is 3.21. The number of rotatable bonds is 4. The Hall–Kier alpha value is -2.26. The van der Waals surface area contributed by atoms with Crippen molar-refractivity contribution >= 4 is 10.8 Å². The molecule has 0 saturated carbocycles. The molecule has 0 fully saturated rings. The van der Waals surface area contributed by atoms with Gasteiger partial charge in [0.1, 0.15) is 23.9 Å². The third kappa shape index (κ3) is 2.61. The van der Waals surface area contributed by atoms with E-state index >= 15 is 0 Å². The highest BCUT2D eigenvalue weighted by atomic mass is 16.5. The van der Waals surface area contributed by atoms with Gasteiger partial charge in [0.2, 0.25) is 0 Å². The standard InChI is InChI=1S/C16H15NO2/c17-10-15-7-8-16(19-15)11-18-14-6-5-12-3-1-2-4-13(12)9-14/h1-9H,10-11,17H2. The summed E-state index contributed by atoms with van der Waals surface area (Å²) in [6, 6.07) is 18.0. The third-order valence-corrected chi connectivity index (χ3v) is 3.02. The van der Waals surface area contributed by atoms with Gasteiger partial charge < -0.3 is 14.9 Å². The lowest BCUT2D eigenvalue weighted by Crippen LogP contribution is -1.95. The first-order chi connectivity index (χ1) is 9.35. The Balaban J connectivity index is 1.74. The highest BCUT2D eigenvalue weighted by Gasteiger charge is 2.02. The molecule has 3 rings (SSSR count). The van der Waals surface area contributed by atoms with Crippen molar-refractivity contribution < 1.29 is 9.15 Å². The molecule has 0 radical (unpaired) electrons. The molecule has 3 heteroatoms. The zero-order valence-electron chi connectivity index (χ0n) is 10.5. The van der Waals surface area contributed by atoms with Crippen LogP contribution >= 0.6 is 0 Å². The van der Waals surface area contributed by atoms with Gasteiger partial charge in [0.25, 0.3) is 0 Å². The maximum Gasteiger partial charge on any atom is 0.146 e. The summed E-state index contributed by atoms with van der Waals surface area (Å²) in [6.45, 7) is 0.828. The van der Waals surface area contributed by atoms with E-state index in [4.69, 9.17) is 14.9 Å². The van der Waals surface area contributed by atoms with Crippen molar-refractivity contribution in [3.8, 4) is 5.75 Å². The fraction of sp³-hybridized carbons (Fsp3) is 0.125. The van der Waals surface area contributed by atoms with Crippen molar-refractivity contribution in [1.29, 1.82) is 0 Å². The van der Waals surface area contributed by atoms with Crippen LogP contribution in [-0.4, -0.2) is 0 Å². The van der Waals surface area contributed by atoms with E-state index in [1.807, 2.05) is 36.4 Å². The van der Waals surface area contributed by atoms with Crippen molar-refractivity contribution in [1.82, 2.24) is 0 Å². The Labute approximate surface area is 111 Å². The van der Waals surface area contributed by atoms with Crippen LogP contribution < -0.4 is 10.5 Å². The molecule has 0 spiro atoms. The van der Waals surface area contributed by atoms with Crippen LogP contribution in [-0.2, 0) is 13.2 Å². The second kappa shape index (κ2) is 5.16. The lowest BCUT2D eigenvalue weighted by Gasteiger charge is -2.05. The lowest BCUT2D eigenvalue weighted by atomic mass is 10.1. The summed E-state index contributed by atoms with van der Waals surface area (Å²) in [7, 11) is 0. The molecule has 0 unspecified atom stereocenters. The van der Waals surface area contributed by atoms with E-state index < -0.39 is 0 Å². The molecule has 0 aliphatic heterocycles. The van der Waals surface area contributed by atoms with Crippen LogP contribution in [0.2, 0.25) is 0 Å². The zero-order valence-corrected chi connectivity index (χ0v) is 10.5. The summed E-state index contributed by atoms with van der Waals surface area (Å²) < 4.78 is 11.2. The number of hydrogen-bond acceptors (Lipinski definition) is 3. The smallest absolute Gasteiger partial charge is 0.146 e. The highest BCUT2D eigenvalue weighted by Crippen LogP contribution is 2.21. The van der Waals surface area contributed by atoms with Gasteiger partial charge in [0.05, 0.1) is 6.54 Å². The molecule has 3 nitrogen and oxygen atoms in total. The summed E-state index contributed by atoms with van der Waals surface area (Å²) in [5.41, 5.74) is 5.50. The molecule has 0 amide bonds. The number of benzene rings is 2. The number of ether oxygens (including phenoxy) is 1. The maximum absolute atomic E-state index is 5.72. The van der Waals surface area contributed by atoms with Crippen molar-refractivity contribution in [3.05, 3.63) is 66.1 Å². The summed E-state index contributed by atoms with van der Waals surface area (Å²) in [5.74, 6) is 2.40. The molecule has 0 aliphatic rings. The third-order valence-electron chi connectivity index (χ3n) is 3.02. The highest BCUT2D eigenvalue weighted by molar-refractivity contribution is 5.83. The average molecular weight is 253 g/mol. The largest absolute Gasteiger partial charge is 0.486 e. The molecule has 0 bridgehead atoms. The second-order valence-electron chi connectivity index (χ2n) is 4.37. The first-order valence-electron chi connectivity index (χ1n) is 6.24. The molecular weight excluding hydrogens is 238 g/mol. The van der Waals surface area contributed by atoms with E-state index in [0.717, 1.165) is 17.3 Å². The minimum Gasteiger partial charge on any atom is -0.486 e. The molecule has 1 heterocycles. The van der Waals surface area contributed by atoms with Crippen LogP contribution in [0.15, 0.2) is 59.0 Å². The molecule has 0 atom stereocenters. The predicted octanol–water partition coefficient (Wildman–Crippen LogP) is 3.47. The van der Waals surface area contributed by atoms with Crippen LogP contribution in [0.1, 0.15) is 11.5 Å². The van der Waals surface area contributed by atoms with Crippen molar-refractivity contribution in [2.75, 3.05) is 0 Å². The molecular formula is C16H15NO2. The molecule has 0 aliphatic carbocycles. The molecule has 3 aromatic rings. The van der Waals surface area contributed by atoms with Gasteiger partial charge in [-0.25, -0.2) is 0 Å². The molecule has 19 heavy (non-hydrogen) atoms. The zero-order chi connectivity index (χ0) is 13.1. The van der Waals surface area contributed by atoms with Gasteiger partial charge in [-0.05, 0) is 35.0 Å². The maximum atomic E-state index is 5.72. The average Bonchev–Trinajstić information content (AvgIpc) is 2.93. The van der Waals surface area contributed by atoms with Gasteiger partial charge in [-0.15, -0.1) is 0 Å². The molecule has 1 aromatic heterocycles. The molecule has 2 aromatic carbocycles. The minimum atomic E-state index is 0.413. The van der Waals surface area contributed by atoms with E-state index in [1.54, 1.807) is 0 Å². The predicted molar refractivity (Wildman–Crippen MR) is 74.9 cm³/mol. The normalized spacial score (nSPS) is 10.8. The van der Waals surface area contributed by atoms with Crippen LogP contribution in [0.25, 0.3) is 10.8 Å². The fourth-order valence-corrected chi connectivity index (χ4v) is 2.02. The van der Waals surface area contributed by atoms with Crippen LogP contribution in [0.4, 0.5) is 0 Å². The molecule has 0 saturated heterocycles. The van der Waals surface area contributed by atoms with Gasteiger partial charge >= 0.3 is 0 Å². The summed E-state index contributed by atoms with van der Waals surface area (Å²) in [6.07, 6.45) is 0. The van der Waals surface area contributed by atoms with E-state index in [0.29, 0.717) is 13.2 Å². The van der Waals surface area contributed by atoms with E-state index in [1.165, 1.54) is 10.8 Å². The Bertz CT molecular complexity index is 688. The number of hydrogen-bond donors (Lipinski definition) is 1. The van der Waals surface area contributed by atoms with Gasteiger partial charge in [0, 0.05) is 0 Å². The monoisotopic (exact) mass is 253 g/mol. The van der Waals surface area contributed by atoms with Crippen LogP contribution in [0.5, 0.6) is 5.75 Å². The Morgan fingerprint density at radius 2 is 1.68 bits per heavy atom. The van der Waals surface area contributed by atoms with E-state index in [-0.39, 0.29) is 0 Å². The minimum absolute atomic E-state index is 0.413. The number of fused-ring (bicyclic) bond motifs is 1. The fourth-order valence-electron chi connectivity index (χ4n) is 2.02. The summed E-state index contributed by atoms with van der Waals surface area (Å²) in [5, 5.41) is 2.38. The van der Waals surface area contributed by atoms with E-state index in [2.05, 4.69) is 18.2 Å². The van der Waals surface area contributed by atoms with Crippen molar-refractivity contribution in [2.24, 2.45) is 5.73 Å². The van der Waals surface area contributed by atoms with Crippen molar-refractivity contribution in [2.45, 2.75) is 13.2 Å². The molecule has 96 valence electrons. The summed E-state index contributed by atoms with van der Waals surface area (Å²) in [4.78, 5) is 0. The van der Waals surface area contributed by atoms with Crippen LogP contribution in [0, 0.1) is 0 Å². The van der Waals surface area contributed by atoms with Gasteiger partial charge in [-0.3, -0.25) is 0 Å². The SMILES string of the molecule is NCc1ccc(COc2ccc3ccccc3c2)o1. The van der Waals surface area contributed by atoms with Gasteiger partial charge in [-0.2, -0.15) is 0 Å². The number of furan rings is 1. The quantitative estimate of drug-likeness (QED) is 0.774. The van der Waals surface area contributed by atoms with Gasteiger partial charge in [-0.1, -0.05) is 30.3 Å². The first-order valence-corrected chi connectivity index (χ1v) is 6.24. The number of nitrogens with two attached hydrogens (primary N) is 1. The molecule has 2 N–H and O–H groups in total. The first kappa shape index (κ1) is 11.8. The van der Waals surface area contributed by atoms with E-state index in [9.17, 15) is 0 Å².